The number of aromatic nitrogens is 2. The molecule has 1 amide bonds. The molecule has 0 saturated carbocycles. The van der Waals surface area contributed by atoms with Crippen molar-refractivity contribution in [2.45, 2.75) is 25.9 Å². The molecule has 2 N–H and O–H groups in total. The Morgan fingerprint density at radius 2 is 1.90 bits per heavy atom. The molecule has 1 aromatic heterocycles. The molecule has 110 valence electrons. The zero-order valence-electron chi connectivity index (χ0n) is 12.2. The third-order valence-electron chi connectivity index (χ3n) is 3.05. The van der Waals surface area contributed by atoms with Gasteiger partial charge in [-0.25, -0.2) is 4.98 Å². The Labute approximate surface area is 127 Å². The maximum absolute atomic E-state index is 11.9. The number of carbonyl (C=O) groups excluding carboxylic acids is 1. The smallest absolute Gasteiger partial charge is 0.254 e. The van der Waals surface area contributed by atoms with Crippen molar-refractivity contribution in [3.63, 3.8) is 0 Å². The van der Waals surface area contributed by atoms with Gasteiger partial charge in [0, 0.05) is 16.9 Å². The minimum atomic E-state index is -0.163. The van der Waals surface area contributed by atoms with E-state index in [0.29, 0.717) is 16.4 Å². The van der Waals surface area contributed by atoms with Crippen molar-refractivity contribution in [1.82, 2.24) is 9.97 Å². The van der Waals surface area contributed by atoms with Gasteiger partial charge in [0.15, 0.2) is 5.16 Å². The maximum Gasteiger partial charge on any atom is 0.254 e. The van der Waals surface area contributed by atoms with Gasteiger partial charge in [0.2, 0.25) is 5.91 Å². The zero-order valence-corrected chi connectivity index (χ0v) is 13.0. The van der Waals surface area contributed by atoms with Crippen LogP contribution in [0.25, 0.3) is 0 Å². The minimum Gasteiger partial charge on any atom is -0.325 e. The maximum atomic E-state index is 11.9. The molecule has 0 aliphatic heterocycles. The van der Waals surface area contributed by atoms with E-state index in [1.165, 1.54) is 11.8 Å². The van der Waals surface area contributed by atoms with Gasteiger partial charge in [-0.1, -0.05) is 29.5 Å². The van der Waals surface area contributed by atoms with E-state index in [0.717, 1.165) is 11.3 Å². The van der Waals surface area contributed by atoms with Gasteiger partial charge in [-0.3, -0.25) is 9.59 Å². The Bertz CT molecular complexity index is 708. The zero-order chi connectivity index (χ0) is 15.4. The van der Waals surface area contributed by atoms with Crippen LogP contribution in [0.2, 0.25) is 0 Å². The summed E-state index contributed by atoms with van der Waals surface area (Å²) in [5.41, 5.74) is 3.01. The fourth-order valence-corrected chi connectivity index (χ4v) is 2.36. The number of aromatic amines is 1. The summed E-state index contributed by atoms with van der Waals surface area (Å²) < 4.78 is 0. The van der Waals surface area contributed by atoms with Crippen molar-refractivity contribution in [2.75, 3.05) is 11.1 Å². The summed E-state index contributed by atoms with van der Waals surface area (Å²) in [5.74, 6) is 0.0593. The number of thioether (sulfide) groups is 1. The van der Waals surface area contributed by atoms with E-state index >= 15 is 0 Å². The highest BCUT2D eigenvalue weighted by atomic mass is 32.2. The topological polar surface area (TPSA) is 74.8 Å². The normalized spacial score (nSPS) is 10.4. The van der Waals surface area contributed by atoms with Gasteiger partial charge in [-0.15, -0.1) is 0 Å². The predicted octanol–water partition coefficient (Wildman–Crippen LogP) is 2.43. The number of nitrogens with zero attached hydrogens (tertiary/aromatic N) is 1. The fraction of sp³-hybridized carbons (Fsp3) is 0.267. The van der Waals surface area contributed by atoms with Crippen LogP contribution in [0.3, 0.4) is 0 Å². The van der Waals surface area contributed by atoms with E-state index in [4.69, 9.17) is 0 Å². The van der Waals surface area contributed by atoms with Gasteiger partial charge in [-0.2, -0.15) is 0 Å². The van der Waals surface area contributed by atoms with E-state index in [2.05, 4.69) is 15.3 Å². The van der Waals surface area contributed by atoms with Gasteiger partial charge < -0.3 is 10.3 Å². The molecule has 0 bridgehead atoms. The lowest BCUT2D eigenvalue weighted by molar-refractivity contribution is -0.113. The van der Waals surface area contributed by atoms with Crippen molar-refractivity contribution in [3.8, 4) is 0 Å². The number of carbonyl (C=O) groups is 1. The Kier molecular flexibility index (Phi) is 4.80. The average molecular weight is 303 g/mol. The van der Waals surface area contributed by atoms with Crippen LogP contribution in [0.4, 0.5) is 5.69 Å². The molecule has 0 atom stereocenters. The number of hydrogen-bond donors (Lipinski definition) is 2. The van der Waals surface area contributed by atoms with Crippen LogP contribution in [0, 0.1) is 20.8 Å². The van der Waals surface area contributed by atoms with Crippen LogP contribution in [0.15, 0.2) is 34.2 Å². The Morgan fingerprint density at radius 1 is 1.24 bits per heavy atom. The van der Waals surface area contributed by atoms with Crippen LogP contribution >= 0.6 is 11.8 Å². The molecule has 0 radical (unpaired) electrons. The Morgan fingerprint density at radius 3 is 2.52 bits per heavy atom. The molecule has 1 heterocycles. The van der Waals surface area contributed by atoms with Crippen molar-refractivity contribution < 1.29 is 4.79 Å². The number of nitrogens with one attached hydrogen (secondary N) is 2. The molecule has 0 aliphatic rings. The lowest BCUT2D eigenvalue weighted by Gasteiger charge is -2.06. The highest BCUT2D eigenvalue weighted by molar-refractivity contribution is 7.99. The average Bonchev–Trinajstić information content (AvgIpc) is 2.45. The van der Waals surface area contributed by atoms with Gasteiger partial charge >= 0.3 is 0 Å². The quantitative estimate of drug-likeness (QED) is 0.672. The molecule has 2 rings (SSSR count). The van der Waals surface area contributed by atoms with Crippen LogP contribution in [-0.4, -0.2) is 21.6 Å². The Hall–Kier alpha value is -2.08. The summed E-state index contributed by atoms with van der Waals surface area (Å²) in [6, 6.07) is 7.58. The lowest BCUT2D eigenvalue weighted by Crippen LogP contribution is -2.17. The van der Waals surface area contributed by atoms with Crippen molar-refractivity contribution >= 4 is 23.4 Å². The molecule has 0 fully saturated rings. The summed E-state index contributed by atoms with van der Waals surface area (Å²) in [5, 5.41) is 3.26. The molecular weight excluding hydrogens is 286 g/mol. The van der Waals surface area contributed by atoms with Crippen LogP contribution in [0.1, 0.15) is 16.8 Å². The van der Waals surface area contributed by atoms with E-state index in [9.17, 15) is 9.59 Å². The summed E-state index contributed by atoms with van der Waals surface area (Å²) in [7, 11) is 0. The molecule has 0 spiro atoms. The second-order valence-corrected chi connectivity index (χ2v) is 5.75. The molecule has 0 saturated heterocycles. The number of rotatable bonds is 4. The SMILES string of the molecule is Cc1ccc(NC(=O)CSc2nc(C)c(C)c(=O)[nH]2)cc1. The van der Waals surface area contributed by atoms with Crippen molar-refractivity contribution in [1.29, 1.82) is 0 Å². The van der Waals surface area contributed by atoms with Crippen LogP contribution in [0.5, 0.6) is 0 Å². The highest BCUT2D eigenvalue weighted by Crippen LogP contribution is 2.14. The second kappa shape index (κ2) is 6.58. The summed E-state index contributed by atoms with van der Waals surface area (Å²) in [6.07, 6.45) is 0. The monoisotopic (exact) mass is 303 g/mol. The number of H-pyrrole nitrogens is 1. The standard InChI is InChI=1S/C15H17N3O2S/c1-9-4-6-12(7-5-9)17-13(19)8-21-15-16-11(3)10(2)14(20)18-15/h4-7H,8H2,1-3H3,(H,17,19)(H,16,18,20). The van der Waals surface area contributed by atoms with Gasteiger partial charge in [-0.05, 0) is 32.9 Å². The molecular formula is C15H17N3O2S. The summed E-state index contributed by atoms with van der Waals surface area (Å²) in [6.45, 7) is 5.49. The number of anilines is 1. The summed E-state index contributed by atoms with van der Waals surface area (Å²) >= 11 is 1.21. The van der Waals surface area contributed by atoms with Crippen LogP contribution in [-0.2, 0) is 4.79 Å². The third-order valence-corrected chi connectivity index (χ3v) is 3.92. The minimum absolute atomic E-state index is 0.135. The number of amides is 1. The molecule has 0 unspecified atom stereocenters. The molecule has 5 nitrogen and oxygen atoms in total. The largest absolute Gasteiger partial charge is 0.325 e. The fourth-order valence-electron chi connectivity index (χ4n) is 1.66. The number of hydrogen-bond acceptors (Lipinski definition) is 4. The molecule has 1 aromatic carbocycles. The predicted molar refractivity (Wildman–Crippen MR) is 84.9 cm³/mol. The Balaban J connectivity index is 1.95. The first-order chi connectivity index (χ1) is 9.95. The van der Waals surface area contributed by atoms with Crippen molar-refractivity contribution in [2.24, 2.45) is 0 Å². The van der Waals surface area contributed by atoms with Crippen LogP contribution < -0.4 is 10.9 Å². The van der Waals surface area contributed by atoms with Gasteiger partial charge in [0.05, 0.1) is 5.75 Å². The van der Waals surface area contributed by atoms with E-state index < -0.39 is 0 Å². The van der Waals surface area contributed by atoms with E-state index in [-0.39, 0.29) is 17.2 Å². The third kappa shape index (κ3) is 4.19. The van der Waals surface area contributed by atoms with Crippen molar-refractivity contribution in [3.05, 3.63) is 51.4 Å². The molecule has 21 heavy (non-hydrogen) atoms. The highest BCUT2D eigenvalue weighted by Gasteiger charge is 2.07. The van der Waals surface area contributed by atoms with Gasteiger partial charge in [0.1, 0.15) is 0 Å². The van der Waals surface area contributed by atoms with E-state index in [1.54, 1.807) is 13.8 Å². The number of benzene rings is 1. The van der Waals surface area contributed by atoms with Gasteiger partial charge in [0.25, 0.3) is 5.56 Å². The first-order valence-electron chi connectivity index (χ1n) is 6.52. The lowest BCUT2D eigenvalue weighted by atomic mass is 10.2. The second-order valence-electron chi connectivity index (χ2n) is 4.78. The molecule has 0 aliphatic carbocycles. The number of aryl methyl sites for hydroxylation is 2. The van der Waals surface area contributed by atoms with E-state index in [1.807, 2.05) is 31.2 Å². The first-order valence-corrected chi connectivity index (χ1v) is 7.51. The molecule has 2 aromatic rings. The first kappa shape index (κ1) is 15.3. The summed E-state index contributed by atoms with van der Waals surface area (Å²) in [4.78, 5) is 30.4. The molecule has 6 heteroatoms.